The maximum absolute atomic E-state index is 10.5. The number of carbonyl (C=O) groups is 1. The molecule has 1 aromatic heterocycles. The summed E-state index contributed by atoms with van der Waals surface area (Å²) < 4.78 is 0. The molecular formula is C8H10O2S. The molecule has 1 N–H and O–H groups in total. The Bertz CT molecular complexity index is 265. The lowest BCUT2D eigenvalue weighted by molar-refractivity contribution is -0.138. The highest BCUT2D eigenvalue weighted by Crippen LogP contribution is 2.23. The molecule has 0 spiro atoms. The molecule has 0 saturated heterocycles. The lowest BCUT2D eigenvalue weighted by Crippen LogP contribution is -2.04. The van der Waals surface area contributed by atoms with Crippen molar-refractivity contribution in [3.8, 4) is 0 Å². The lowest BCUT2D eigenvalue weighted by atomic mass is 10.1. The van der Waals surface area contributed by atoms with Gasteiger partial charge in [0.2, 0.25) is 0 Å². The van der Waals surface area contributed by atoms with Gasteiger partial charge in [0.1, 0.15) is 0 Å². The second-order valence-corrected chi connectivity index (χ2v) is 3.83. The van der Waals surface area contributed by atoms with Crippen molar-refractivity contribution in [2.24, 2.45) is 0 Å². The number of rotatable bonds is 2. The van der Waals surface area contributed by atoms with Gasteiger partial charge in [-0.1, -0.05) is 0 Å². The van der Waals surface area contributed by atoms with Crippen LogP contribution in [0.2, 0.25) is 0 Å². The molecule has 0 fully saturated rings. The maximum atomic E-state index is 10.5. The molecule has 11 heavy (non-hydrogen) atoms. The first-order valence-corrected chi connectivity index (χ1v) is 4.22. The van der Waals surface area contributed by atoms with Crippen LogP contribution in [0.1, 0.15) is 22.6 Å². The molecule has 2 nitrogen and oxygen atoms in total. The van der Waals surface area contributed by atoms with Crippen molar-refractivity contribution < 1.29 is 9.90 Å². The van der Waals surface area contributed by atoms with E-state index in [0.29, 0.717) is 0 Å². The van der Waals surface area contributed by atoms with E-state index < -0.39 is 5.97 Å². The Morgan fingerprint density at radius 3 is 2.64 bits per heavy atom. The molecule has 60 valence electrons. The van der Waals surface area contributed by atoms with Gasteiger partial charge in [-0.2, -0.15) is 0 Å². The number of hydrogen-bond acceptors (Lipinski definition) is 2. The van der Waals surface area contributed by atoms with Gasteiger partial charge in [0.15, 0.2) is 0 Å². The van der Waals surface area contributed by atoms with E-state index in [1.165, 1.54) is 0 Å². The van der Waals surface area contributed by atoms with Gasteiger partial charge < -0.3 is 5.11 Å². The fraction of sp³-hybridized carbons (Fsp3) is 0.375. The van der Waals surface area contributed by atoms with Gasteiger partial charge in [-0.05, 0) is 26.0 Å². The van der Waals surface area contributed by atoms with Crippen molar-refractivity contribution in [1.82, 2.24) is 0 Å². The first-order valence-electron chi connectivity index (χ1n) is 3.40. The molecule has 0 aliphatic rings. The van der Waals surface area contributed by atoms with Crippen LogP contribution >= 0.6 is 11.3 Å². The van der Waals surface area contributed by atoms with Crippen molar-refractivity contribution in [3.63, 3.8) is 0 Å². The van der Waals surface area contributed by atoms with Crippen molar-refractivity contribution in [1.29, 1.82) is 0 Å². The zero-order valence-corrected chi connectivity index (χ0v) is 7.31. The van der Waals surface area contributed by atoms with Gasteiger partial charge in [0, 0.05) is 9.75 Å². The van der Waals surface area contributed by atoms with Crippen molar-refractivity contribution in [2.75, 3.05) is 0 Å². The van der Waals surface area contributed by atoms with Crippen LogP contribution in [-0.4, -0.2) is 11.1 Å². The van der Waals surface area contributed by atoms with Gasteiger partial charge in [0.05, 0.1) is 5.92 Å². The van der Waals surface area contributed by atoms with Crippen LogP contribution in [0, 0.1) is 6.92 Å². The van der Waals surface area contributed by atoms with E-state index in [1.54, 1.807) is 18.3 Å². The minimum absolute atomic E-state index is 0.367. The van der Waals surface area contributed by atoms with Gasteiger partial charge in [-0.15, -0.1) is 11.3 Å². The summed E-state index contributed by atoms with van der Waals surface area (Å²) in [5.74, 6) is -1.12. The number of aliphatic carboxylic acids is 1. The van der Waals surface area contributed by atoms with Crippen LogP contribution in [0.4, 0.5) is 0 Å². The highest BCUT2D eigenvalue weighted by Gasteiger charge is 2.14. The topological polar surface area (TPSA) is 37.3 Å². The van der Waals surface area contributed by atoms with Gasteiger partial charge >= 0.3 is 5.97 Å². The van der Waals surface area contributed by atoms with Gasteiger partial charge in [-0.25, -0.2) is 0 Å². The summed E-state index contributed by atoms with van der Waals surface area (Å²) in [4.78, 5) is 12.6. The summed E-state index contributed by atoms with van der Waals surface area (Å²) in [6.07, 6.45) is 0. The van der Waals surface area contributed by atoms with E-state index >= 15 is 0 Å². The first-order chi connectivity index (χ1) is 5.11. The number of aryl methyl sites for hydroxylation is 1. The average Bonchev–Trinajstić information content (AvgIpc) is 2.34. The third kappa shape index (κ3) is 1.80. The molecule has 1 atom stereocenters. The van der Waals surface area contributed by atoms with E-state index in [1.807, 2.05) is 19.1 Å². The van der Waals surface area contributed by atoms with Crippen LogP contribution in [-0.2, 0) is 4.79 Å². The molecule has 0 saturated carbocycles. The van der Waals surface area contributed by atoms with E-state index in [0.717, 1.165) is 9.75 Å². The number of thiophene rings is 1. The van der Waals surface area contributed by atoms with Crippen LogP contribution < -0.4 is 0 Å². The predicted octanol–water partition coefficient (Wildman–Crippen LogP) is 2.24. The fourth-order valence-corrected chi connectivity index (χ4v) is 1.73. The van der Waals surface area contributed by atoms with Crippen molar-refractivity contribution >= 4 is 17.3 Å². The summed E-state index contributed by atoms with van der Waals surface area (Å²) >= 11 is 1.54. The Balaban J connectivity index is 2.84. The highest BCUT2D eigenvalue weighted by molar-refractivity contribution is 7.12. The lowest BCUT2D eigenvalue weighted by Gasteiger charge is -2.00. The van der Waals surface area contributed by atoms with Crippen LogP contribution in [0.3, 0.4) is 0 Å². The van der Waals surface area contributed by atoms with E-state index in [9.17, 15) is 4.79 Å². The maximum Gasteiger partial charge on any atom is 0.311 e. The molecule has 3 heteroatoms. The summed E-state index contributed by atoms with van der Waals surface area (Å²) in [6.45, 7) is 3.68. The summed E-state index contributed by atoms with van der Waals surface area (Å²) in [5, 5.41) is 8.65. The molecular weight excluding hydrogens is 160 g/mol. The second-order valence-electron chi connectivity index (χ2n) is 2.51. The molecule has 1 heterocycles. The normalized spacial score (nSPS) is 12.9. The predicted molar refractivity (Wildman–Crippen MR) is 45.1 cm³/mol. The first kappa shape index (κ1) is 8.27. The summed E-state index contributed by atoms with van der Waals surface area (Å²) in [6, 6.07) is 3.82. The molecule has 0 aliphatic heterocycles. The SMILES string of the molecule is Cc1ccc([C@H](C)C(=O)O)s1. The quantitative estimate of drug-likeness (QED) is 0.739. The molecule has 1 rings (SSSR count). The van der Waals surface area contributed by atoms with Crippen LogP contribution in [0.15, 0.2) is 12.1 Å². The van der Waals surface area contributed by atoms with E-state index in [4.69, 9.17) is 5.11 Å². The van der Waals surface area contributed by atoms with Gasteiger partial charge in [0.25, 0.3) is 0 Å². The van der Waals surface area contributed by atoms with E-state index in [2.05, 4.69) is 0 Å². The largest absolute Gasteiger partial charge is 0.481 e. The standard InChI is InChI=1S/C8H10O2S/c1-5-3-4-7(11-5)6(2)8(9)10/h3-4,6H,1-2H3,(H,9,10)/t6-/m0/s1. The van der Waals surface area contributed by atoms with Crippen molar-refractivity contribution in [2.45, 2.75) is 19.8 Å². The minimum atomic E-state index is -0.758. The monoisotopic (exact) mass is 170 g/mol. The highest BCUT2D eigenvalue weighted by atomic mass is 32.1. The van der Waals surface area contributed by atoms with Crippen LogP contribution in [0.25, 0.3) is 0 Å². The third-order valence-electron chi connectivity index (χ3n) is 1.56. The zero-order valence-electron chi connectivity index (χ0n) is 6.50. The summed E-state index contributed by atoms with van der Waals surface area (Å²) in [7, 11) is 0. The number of carboxylic acid groups (broad SMARTS) is 1. The average molecular weight is 170 g/mol. The van der Waals surface area contributed by atoms with Gasteiger partial charge in [-0.3, -0.25) is 4.79 Å². The minimum Gasteiger partial charge on any atom is -0.481 e. The molecule has 1 aromatic rings. The molecule has 0 bridgehead atoms. The number of carboxylic acids is 1. The molecule has 0 aromatic carbocycles. The molecule has 0 radical (unpaired) electrons. The molecule has 0 unspecified atom stereocenters. The summed E-state index contributed by atoms with van der Waals surface area (Å²) in [5.41, 5.74) is 0. The Morgan fingerprint density at radius 2 is 2.27 bits per heavy atom. The Labute approximate surface area is 69.5 Å². The smallest absolute Gasteiger partial charge is 0.311 e. The molecule has 0 amide bonds. The Kier molecular flexibility index (Phi) is 2.29. The third-order valence-corrected chi connectivity index (χ3v) is 2.74. The zero-order chi connectivity index (χ0) is 8.43. The fourth-order valence-electron chi connectivity index (χ4n) is 0.808. The second kappa shape index (κ2) is 3.05. The molecule has 0 aliphatic carbocycles. The van der Waals surface area contributed by atoms with Crippen LogP contribution in [0.5, 0.6) is 0 Å². The van der Waals surface area contributed by atoms with Crippen molar-refractivity contribution in [3.05, 3.63) is 21.9 Å². The number of hydrogen-bond donors (Lipinski definition) is 1. The van der Waals surface area contributed by atoms with E-state index in [-0.39, 0.29) is 5.92 Å². The Morgan fingerprint density at radius 1 is 1.64 bits per heavy atom. The Hall–Kier alpha value is -0.830.